The third-order valence-corrected chi connectivity index (χ3v) is 6.10. The number of aliphatic hydroxyl groups excluding tert-OH is 1. The number of nitrogens with two attached hydrogens (primary N) is 2. The van der Waals surface area contributed by atoms with E-state index in [-0.39, 0.29) is 53.1 Å². The summed E-state index contributed by atoms with van der Waals surface area (Å²) in [6.45, 7) is 4.82. The number of halogens is 2. The molecule has 3 amide bonds. The van der Waals surface area contributed by atoms with Crippen LogP contribution in [0.4, 0.5) is 8.78 Å². The summed E-state index contributed by atoms with van der Waals surface area (Å²) in [5.41, 5.74) is 5.67. The van der Waals surface area contributed by atoms with Crippen LogP contribution in [-0.4, -0.2) is 64.9 Å². The summed E-state index contributed by atoms with van der Waals surface area (Å²) < 4.78 is 27.7. The summed E-state index contributed by atoms with van der Waals surface area (Å²) in [4.78, 5) is 40.2. The zero-order valence-electron chi connectivity index (χ0n) is 22.6. The van der Waals surface area contributed by atoms with Crippen molar-refractivity contribution in [3.63, 3.8) is 0 Å². The lowest BCUT2D eigenvalue weighted by Gasteiger charge is -2.25. The van der Waals surface area contributed by atoms with Gasteiger partial charge in [-0.25, -0.2) is 8.78 Å². The minimum absolute atomic E-state index is 0.00164. The first-order chi connectivity index (χ1) is 19.0. The lowest BCUT2D eigenvalue weighted by Crippen LogP contribution is -2.45. The average Bonchev–Trinajstić information content (AvgIpc) is 2.90. The van der Waals surface area contributed by atoms with Crippen LogP contribution in [0.3, 0.4) is 0 Å². The second kappa shape index (κ2) is 15.4. The van der Waals surface area contributed by atoms with Crippen LogP contribution in [0.5, 0.6) is 0 Å². The summed E-state index contributed by atoms with van der Waals surface area (Å²) in [5, 5.41) is 24.6. The van der Waals surface area contributed by atoms with Gasteiger partial charge in [0, 0.05) is 35.8 Å². The van der Waals surface area contributed by atoms with Gasteiger partial charge in [0.2, 0.25) is 5.91 Å². The van der Waals surface area contributed by atoms with Gasteiger partial charge in [-0.2, -0.15) is 5.10 Å². The molecule has 216 valence electrons. The third-order valence-electron chi connectivity index (χ3n) is 6.10. The number of nitrogens with zero attached hydrogens (tertiary/aromatic N) is 2. The van der Waals surface area contributed by atoms with Crippen LogP contribution >= 0.6 is 0 Å². The van der Waals surface area contributed by atoms with E-state index >= 15 is 0 Å². The van der Waals surface area contributed by atoms with Gasteiger partial charge in [-0.15, -0.1) is 0 Å². The standard InChI is InChI=1S/C28H36F2N6O4/c1-3-7-36(8-4-2)28(40)20-13-18(26(32)38)12-19(14-20)27(39)35-24(25(37)6-5-23(31)16-34-33)11-17-9-21(29)15-22(30)10-17/h9-10,12-16,24-25,31,37H,3-8,11,33H2,1-2H3,(H2,32,38)(H,35,39). The van der Waals surface area contributed by atoms with E-state index in [1.165, 1.54) is 18.2 Å². The highest BCUT2D eigenvalue weighted by molar-refractivity contribution is 6.28. The monoisotopic (exact) mass is 558 g/mol. The maximum absolute atomic E-state index is 13.8. The highest BCUT2D eigenvalue weighted by Crippen LogP contribution is 2.17. The van der Waals surface area contributed by atoms with E-state index in [9.17, 15) is 28.3 Å². The first-order valence-corrected chi connectivity index (χ1v) is 13.0. The second-order valence-corrected chi connectivity index (χ2v) is 9.43. The first kappa shape index (κ1) is 32.0. The van der Waals surface area contributed by atoms with Gasteiger partial charge in [-0.3, -0.25) is 14.4 Å². The zero-order chi connectivity index (χ0) is 29.8. The van der Waals surface area contributed by atoms with Gasteiger partial charge in [-0.05, 0) is 68.0 Å². The van der Waals surface area contributed by atoms with Crippen LogP contribution in [0.2, 0.25) is 0 Å². The number of rotatable bonds is 15. The molecule has 0 spiro atoms. The van der Waals surface area contributed by atoms with Crippen molar-refractivity contribution in [2.45, 2.75) is 58.1 Å². The molecule has 40 heavy (non-hydrogen) atoms. The Morgan fingerprint density at radius 3 is 2.15 bits per heavy atom. The minimum atomic E-state index is -1.24. The van der Waals surface area contributed by atoms with Crippen molar-refractivity contribution in [3.05, 3.63) is 70.3 Å². The fourth-order valence-electron chi connectivity index (χ4n) is 4.24. The molecule has 7 N–H and O–H groups in total. The van der Waals surface area contributed by atoms with Crippen molar-refractivity contribution in [1.82, 2.24) is 10.2 Å². The Morgan fingerprint density at radius 2 is 1.60 bits per heavy atom. The summed E-state index contributed by atoms with van der Waals surface area (Å²) in [6.07, 6.45) is 1.20. The molecule has 0 aliphatic carbocycles. The van der Waals surface area contributed by atoms with Gasteiger partial charge in [0.15, 0.2) is 0 Å². The van der Waals surface area contributed by atoms with Gasteiger partial charge in [-0.1, -0.05) is 13.8 Å². The Hall–Kier alpha value is -4.19. The van der Waals surface area contributed by atoms with Crippen molar-refractivity contribution in [3.8, 4) is 0 Å². The summed E-state index contributed by atoms with van der Waals surface area (Å²) in [6, 6.07) is 5.71. The molecule has 0 aliphatic heterocycles. The SMILES string of the molecule is CCCN(CCC)C(=O)c1cc(C(N)=O)cc(C(=O)NC(Cc2cc(F)cc(F)c2)C(O)CCC(=N)C=NN)c1. The number of amides is 3. The highest BCUT2D eigenvalue weighted by atomic mass is 19.1. The number of hydrogen-bond donors (Lipinski definition) is 5. The molecule has 0 saturated carbocycles. The average molecular weight is 559 g/mol. The van der Waals surface area contributed by atoms with Gasteiger partial charge < -0.3 is 32.3 Å². The van der Waals surface area contributed by atoms with Crippen molar-refractivity contribution in [1.29, 1.82) is 5.41 Å². The number of hydrogen-bond acceptors (Lipinski definition) is 7. The number of carbonyl (C=O) groups excluding carboxylic acids is 3. The van der Waals surface area contributed by atoms with Gasteiger partial charge in [0.05, 0.1) is 24.1 Å². The van der Waals surface area contributed by atoms with Crippen molar-refractivity contribution in [2.75, 3.05) is 13.1 Å². The van der Waals surface area contributed by atoms with Crippen LogP contribution in [0.1, 0.15) is 76.2 Å². The maximum atomic E-state index is 13.8. The largest absolute Gasteiger partial charge is 0.391 e. The summed E-state index contributed by atoms with van der Waals surface area (Å²) in [5.74, 6) is 1.46. The molecule has 0 aliphatic rings. The van der Waals surface area contributed by atoms with Crippen molar-refractivity contribution < 1.29 is 28.3 Å². The second-order valence-electron chi connectivity index (χ2n) is 9.43. The van der Waals surface area contributed by atoms with E-state index in [1.807, 2.05) is 13.8 Å². The normalized spacial score (nSPS) is 12.6. The van der Waals surface area contributed by atoms with E-state index in [4.69, 9.17) is 17.0 Å². The molecule has 2 atom stereocenters. The van der Waals surface area contributed by atoms with Crippen LogP contribution in [-0.2, 0) is 6.42 Å². The number of benzene rings is 2. The molecule has 0 bridgehead atoms. The Labute approximate surface area is 231 Å². The van der Waals surface area contributed by atoms with Gasteiger partial charge in [0.1, 0.15) is 11.6 Å². The number of hydrazone groups is 1. The number of aliphatic hydroxyl groups is 1. The summed E-state index contributed by atoms with van der Waals surface area (Å²) >= 11 is 0. The summed E-state index contributed by atoms with van der Waals surface area (Å²) in [7, 11) is 0. The Kier molecular flexibility index (Phi) is 12.3. The molecule has 0 aromatic heterocycles. The Morgan fingerprint density at radius 1 is 1.02 bits per heavy atom. The fourth-order valence-corrected chi connectivity index (χ4v) is 4.24. The van der Waals surface area contributed by atoms with Crippen LogP contribution < -0.4 is 16.9 Å². The molecular weight excluding hydrogens is 522 g/mol. The van der Waals surface area contributed by atoms with E-state index in [1.54, 1.807) is 4.90 Å². The first-order valence-electron chi connectivity index (χ1n) is 13.0. The predicted octanol–water partition coefficient (Wildman–Crippen LogP) is 2.77. The predicted molar refractivity (Wildman–Crippen MR) is 148 cm³/mol. The Bertz CT molecular complexity index is 1230. The molecule has 0 radical (unpaired) electrons. The smallest absolute Gasteiger partial charge is 0.253 e. The molecule has 12 heteroatoms. The van der Waals surface area contributed by atoms with Gasteiger partial charge in [0.25, 0.3) is 11.8 Å². The third kappa shape index (κ3) is 9.53. The molecule has 2 aromatic carbocycles. The number of nitrogens with one attached hydrogen (secondary N) is 2. The zero-order valence-corrected chi connectivity index (χ0v) is 22.6. The molecule has 0 fully saturated rings. The van der Waals surface area contributed by atoms with Crippen LogP contribution in [0.15, 0.2) is 41.5 Å². The highest BCUT2D eigenvalue weighted by Gasteiger charge is 2.25. The van der Waals surface area contributed by atoms with Crippen molar-refractivity contribution >= 4 is 29.6 Å². The van der Waals surface area contributed by atoms with Crippen LogP contribution in [0.25, 0.3) is 0 Å². The van der Waals surface area contributed by atoms with E-state index in [0.29, 0.717) is 32.0 Å². The van der Waals surface area contributed by atoms with Gasteiger partial charge >= 0.3 is 0 Å². The molecule has 10 nitrogen and oxygen atoms in total. The topological polar surface area (TPSA) is 175 Å². The molecule has 0 saturated heterocycles. The fraction of sp³-hybridized carbons (Fsp3) is 0.393. The van der Waals surface area contributed by atoms with E-state index in [0.717, 1.165) is 18.3 Å². The lowest BCUT2D eigenvalue weighted by molar-refractivity contribution is 0.0755. The maximum Gasteiger partial charge on any atom is 0.253 e. The number of carbonyl (C=O) groups is 3. The molecular formula is C28H36F2N6O4. The van der Waals surface area contributed by atoms with Crippen molar-refractivity contribution in [2.24, 2.45) is 16.7 Å². The molecule has 2 unspecified atom stereocenters. The van der Waals surface area contributed by atoms with E-state index in [2.05, 4.69) is 10.4 Å². The molecule has 2 rings (SSSR count). The number of primary amides is 1. The Balaban J connectivity index is 2.41. The van der Waals surface area contributed by atoms with E-state index < -0.39 is 35.6 Å². The minimum Gasteiger partial charge on any atom is -0.391 e. The molecule has 0 heterocycles. The van der Waals surface area contributed by atoms with Crippen LogP contribution in [0, 0.1) is 17.0 Å². The lowest BCUT2D eigenvalue weighted by atomic mass is 9.96. The molecule has 2 aromatic rings. The quantitative estimate of drug-likeness (QED) is 0.128.